The number of benzene rings is 1. The van der Waals surface area contributed by atoms with Gasteiger partial charge in [0.05, 0.1) is 18.3 Å². The number of hydrogen-bond acceptors (Lipinski definition) is 5. The topological polar surface area (TPSA) is 63.5 Å². The van der Waals surface area contributed by atoms with Crippen molar-refractivity contribution in [3.8, 4) is 0 Å². The molecule has 0 bridgehead atoms. The number of nitrogens with zero attached hydrogens (tertiary/aromatic N) is 5. The minimum Gasteiger partial charge on any atom is -0.366 e. The summed E-state index contributed by atoms with van der Waals surface area (Å²) in [5, 5.41) is 5.34. The van der Waals surface area contributed by atoms with Gasteiger partial charge < -0.3 is 9.64 Å². The molecule has 1 atom stereocenters. The van der Waals surface area contributed by atoms with Gasteiger partial charge in [0.1, 0.15) is 6.10 Å². The lowest BCUT2D eigenvalue weighted by Gasteiger charge is -2.35. The lowest BCUT2D eigenvalue weighted by molar-refractivity contribution is -0.151. The predicted octanol–water partition coefficient (Wildman–Crippen LogP) is 2.85. The fourth-order valence-electron chi connectivity index (χ4n) is 4.13. The Bertz CT molecular complexity index is 1030. The monoisotopic (exact) mass is 421 g/mol. The number of fused-ring (bicyclic) bond motifs is 1. The van der Waals surface area contributed by atoms with Crippen molar-refractivity contribution in [3.05, 3.63) is 60.0 Å². The zero-order chi connectivity index (χ0) is 21.8. The van der Waals surface area contributed by atoms with Gasteiger partial charge in [-0.25, -0.2) is 0 Å². The SMILES string of the molecule is CC(C)CN(Cc1ccc2ncccc2c1)C(=O)C1CN(Cc2cnn(C)c2)CCO1. The smallest absolute Gasteiger partial charge is 0.253 e. The van der Waals surface area contributed by atoms with E-state index in [1.807, 2.05) is 41.2 Å². The standard InChI is InChI=1S/C24H31N5O2/c1-18(2)13-29(16-19-6-7-22-21(11-19)5-4-8-25-22)24(30)23-17-28(9-10-31-23)15-20-12-26-27(3)14-20/h4-8,11-12,14,18,23H,9-10,13,15-17H2,1-3H3. The molecule has 164 valence electrons. The van der Waals surface area contributed by atoms with Crippen LogP contribution in [0, 0.1) is 5.92 Å². The van der Waals surface area contributed by atoms with Crippen molar-refractivity contribution < 1.29 is 9.53 Å². The van der Waals surface area contributed by atoms with Crippen LogP contribution in [0.25, 0.3) is 10.9 Å². The Balaban J connectivity index is 1.46. The second-order valence-corrected chi connectivity index (χ2v) is 8.76. The van der Waals surface area contributed by atoms with E-state index in [4.69, 9.17) is 4.74 Å². The molecule has 0 N–H and O–H groups in total. The number of aromatic nitrogens is 3. The summed E-state index contributed by atoms with van der Waals surface area (Å²) in [5.41, 5.74) is 3.23. The van der Waals surface area contributed by atoms with Crippen molar-refractivity contribution in [1.82, 2.24) is 24.6 Å². The zero-order valence-electron chi connectivity index (χ0n) is 18.6. The van der Waals surface area contributed by atoms with E-state index in [0.29, 0.717) is 32.2 Å². The van der Waals surface area contributed by atoms with Gasteiger partial charge in [0, 0.05) is 63.1 Å². The van der Waals surface area contributed by atoms with Crippen molar-refractivity contribution in [2.24, 2.45) is 13.0 Å². The van der Waals surface area contributed by atoms with Gasteiger partial charge >= 0.3 is 0 Å². The zero-order valence-corrected chi connectivity index (χ0v) is 18.6. The average molecular weight is 422 g/mol. The maximum atomic E-state index is 13.4. The van der Waals surface area contributed by atoms with Crippen LogP contribution in [-0.4, -0.2) is 62.8 Å². The molecule has 31 heavy (non-hydrogen) atoms. The molecule has 1 aliphatic rings. The van der Waals surface area contributed by atoms with Crippen LogP contribution in [0.1, 0.15) is 25.0 Å². The Kier molecular flexibility index (Phi) is 6.63. The van der Waals surface area contributed by atoms with Crippen LogP contribution in [0.3, 0.4) is 0 Å². The molecule has 7 heteroatoms. The molecule has 1 amide bonds. The Labute approximate surface area is 183 Å². The van der Waals surface area contributed by atoms with Crippen molar-refractivity contribution in [2.75, 3.05) is 26.2 Å². The van der Waals surface area contributed by atoms with Gasteiger partial charge in [0.15, 0.2) is 0 Å². The summed E-state index contributed by atoms with van der Waals surface area (Å²) in [6.07, 6.45) is 5.26. The molecule has 7 nitrogen and oxygen atoms in total. The fourth-order valence-corrected chi connectivity index (χ4v) is 4.13. The number of pyridine rings is 1. The van der Waals surface area contributed by atoms with E-state index in [0.717, 1.165) is 35.1 Å². The highest BCUT2D eigenvalue weighted by Gasteiger charge is 2.30. The quantitative estimate of drug-likeness (QED) is 0.587. The molecule has 0 saturated carbocycles. The molecule has 1 aromatic carbocycles. The van der Waals surface area contributed by atoms with E-state index in [-0.39, 0.29) is 5.91 Å². The fraction of sp³-hybridized carbons (Fsp3) is 0.458. The molecule has 1 unspecified atom stereocenters. The minimum absolute atomic E-state index is 0.0656. The Morgan fingerprint density at radius 3 is 2.94 bits per heavy atom. The lowest BCUT2D eigenvalue weighted by atomic mass is 10.1. The average Bonchev–Trinajstić information content (AvgIpc) is 3.17. The van der Waals surface area contributed by atoms with E-state index in [1.54, 1.807) is 6.20 Å². The molecule has 3 heterocycles. The molecule has 2 aromatic heterocycles. The molecular formula is C24H31N5O2. The third-order valence-electron chi connectivity index (χ3n) is 5.53. The van der Waals surface area contributed by atoms with E-state index in [9.17, 15) is 4.79 Å². The molecular weight excluding hydrogens is 390 g/mol. The first-order valence-corrected chi connectivity index (χ1v) is 10.9. The van der Waals surface area contributed by atoms with Crippen LogP contribution in [0.15, 0.2) is 48.9 Å². The molecule has 3 aromatic rings. The first-order chi connectivity index (χ1) is 15.0. The summed E-state index contributed by atoms with van der Waals surface area (Å²) in [5.74, 6) is 0.442. The van der Waals surface area contributed by atoms with Crippen LogP contribution in [0.4, 0.5) is 0 Å². The highest BCUT2D eigenvalue weighted by Crippen LogP contribution is 2.18. The number of amides is 1. The first-order valence-electron chi connectivity index (χ1n) is 10.9. The van der Waals surface area contributed by atoms with Crippen LogP contribution >= 0.6 is 0 Å². The summed E-state index contributed by atoms with van der Waals surface area (Å²) in [4.78, 5) is 22.1. The van der Waals surface area contributed by atoms with Gasteiger partial charge in [-0.2, -0.15) is 5.10 Å². The van der Waals surface area contributed by atoms with Crippen LogP contribution in [0.5, 0.6) is 0 Å². The number of aryl methyl sites for hydroxylation is 1. The molecule has 1 aliphatic heterocycles. The second kappa shape index (κ2) is 9.58. The summed E-state index contributed by atoms with van der Waals surface area (Å²) < 4.78 is 7.73. The molecule has 0 spiro atoms. The van der Waals surface area contributed by atoms with Crippen molar-refractivity contribution in [1.29, 1.82) is 0 Å². The van der Waals surface area contributed by atoms with Crippen molar-refractivity contribution in [3.63, 3.8) is 0 Å². The van der Waals surface area contributed by atoms with Crippen molar-refractivity contribution in [2.45, 2.75) is 33.0 Å². The molecule has 0 radical (unpaired) electrons. The number of morpholine rings is 1. The van der Waals surface area contributed by atoms with Crippen molar-refractivity contribution >= 4 is 16.8 Å². The summed E-state index contributed by atoms with van der Waals surface area (Å²) in [6, 6.07) is 10.2. The molecule has 1 fully saturated rings. The Morgan fingerprint density at radius 1 is 1.29 bits per heavy atom. The maximum absolute atomic E-state index is 13.4. The number of hydrogen-bond donors (Lipinski definition) is 0. The lowest BCUT2D eigenvalue weighted by Crippen LogP contribution is -2.51. The highest BCUT2D eigenvalue weighted by atomic mass is 16.5. The van der Waals surface area contributed by atoms with Crippen LogP contribution in [0.2, 0.25) is 0 Å². The van der Waals surface area contributed by atoms with Gasteiger partial charge in [-0.1, -0.05) is 26.0 Å². The van der Waals surface area contributed by atoms with E-state index >= 15 is 0 Å². The number of carbonyl (C=O) groups is 1. The molecule has 4 rings (SSSR count). The third-order valence-corrected chi connectivity index (χ3v) is 5.53. The normalized spacial score (nSPS) is 17.4. The van der Waals surface area contributed by atoms with Gasteiger partial charge in [0.25, 0.3) is 5.91 Å². The highest BCUT2D eigenvalue weighted by molar-refractivity contribution is 5.82. The van der Waals surface area contributed by atoms with E-state index in [1.165, 1.54) is 0 Å². The predicted molar refractivity (Wildman–Crippen MR) is 120 cm³/mol. The molecule has 1 saturated heterocycles. The van der Waals surface area contributed by atoms with E-state index < -0.39 is 6.10 Å². The summed E-state index contributed by atoms with van der Waals surface area (Å²) in [7, 11) is 1.92. The summed E-state index contributed by atoms with van der Waals surface area (Å²) in [6.45, 7) is 8.32. The van der Waals surface area contributed by atoms with Gasteiger partial charge in [-0.15, -0.1) is 0 Å². The third kappa shape index (κ3) is 5.48. The number of carbonyl (C=O) groups excluding carboxylic acids is 1. The van der Waals surface area contributed by atoms with Gasteiger partial charge in [0.2, 0.25) is 0 Å². The van der Waals surface area contributed by atoms with Gasteiger partial charge in [-0.05, 0) is 29.7 Å². The second-order valence-electron chi connectivity index (χ2n) is 8.76. The Hall–Kier alpha value is -2.77. The Morgan fingerprint density at radius 2 is 2.16 bits per heavy atom. The number of rotatable bonds is 7. The minimum atomic E-state index is -0.439. The summed E-state index contributed by atoms with van der Waals surface area (Å²) >= 11 is 0. The maximum Gasteiger partial charge on any atom is 0.253 e. The van der Waals surface area contributed by atoms with Gasteiger partial charge in [-0.3, -0.25) is 19.4 Å². The first kappa shape index (κ1) is 21.5. The largest absolute Gasteiger partial charge is 0.366 e. The van der Waals surface area contributed by atoms with Crippen LogP contribution in [-0.2, 0) is 29.7 Å². The molecule has 0 aliphatic carbocycles. The van der Waals surface area contributed by atoms with Crippen LogP contribution < -0.4 is 0 Å². The number of ether oxygens (including phenoxy) is 1. The van der Waals surface area contributed by atoms with E-state index in [2.05, 4.69) is 47.0 Å².